The number of ether oxygens (including phenoxy) is 1. The third-order valence-corrected chi connectivity index (χ3v) is 12.4. The zero-order chi connectivity index (χ0) is 45.9. The van der Waals surface area contributed by atoms with Crippen molar-refractivity contribution in [2.24, 2.45) is 0 Å². The average molecular weight is 884 g/mol. The van der Waals surface area contributed by atoms with E-state index in [0.29, 0.717) is 19.3 Å². The lowest BCUT2D eigenvalue weighted by atomic mass is 10.0. The summed E-state index contributed by atoms with van der Waals surface area (Å²) in [6.07, 6.45) is 61.7. The van der Waals surface area contributed by atoms with Gasteiger partial charge in [-0.2, -0.15) is 0 Å². The Balaban J connectivity index is 4.59. The van der Waals surface area contributed by atoms with E-state index >= 15 is 0 Å². The van der Waals surface area contributed by atoms with Gasteiger partial charge in [0.2, 0.25) is 5.91 Å². The molecular formula is C57H105NO5. The Kier molecular flexibility index (Phi) is 49.1. The van der Waals surface area contributed by atoms with Crippen LogP contribution in [0.2, 0.25) is 0 Å². The van der Waals surface area contributed by atoms with Gasteiger partial charge < -0.3 is 20.3 Å². The molecule has 0 spiro atoms. The van der Waals surface area contributed by atoms with Crippen molar-refractivity contribution < 1.29 is 24.5 Å². The van der Waals surface area contributed by atoms with E-state index in [1.165, 1.54) is 148 Å². The highest BCUT2D eigenvalue weighted by molar-refractivity contribution is 5.77. The lowest BCUT2D eigenvalue weighted by Gasteiger charge is -2.24. The highest BCUT2D eigenvalue weighted by Gasteiger charge is 2.24. The van der Waals surface area contributed by atoms with Crippen LogP contribution in [0.3, 0.4) is 0 Å². The van der Waals surface area contributed by atoms with Gasteiger partial charge in [0.05, 0.1) is 25.2 Å². The number of allylic oxidation sites excluding steroid dienone is 8. The number of hydrogen-bond acceptors (Lipinski definition) is 5. The van der Waals surface area contributed by atoms with E-state index in [9.17, 15) is 19.8 Å². The SMILES string of the molecule is CC/C=C/C/C=C/C/C=C/CCCCCCCCC(=O)OC(CCCCCCCCC/C=C/CCCCCCCC)CC(=O)NC(CO)C(O)CCCCCCCCCCCCC. The number of aliphatic hydroxyl groups excluding tert-OH is 2. The second-order valence-corrected chi connectivity index (χ2v) is 18.6. The van der Waals surface area contributed by atoms with Gasteiger partial charge in [-0.15, -0.1) is 0 Å². The molecule has 0 aliphatic carbocycles. The first-order chi connectivity index (χ1) is 31.0. The van der Waals surface area contributed by atoms with Gasteiger partial charge in [-0.1, -0.05) is 230 Å². The molecule has 0 saturated heterocycles. The minimum atomic E-state index is -0.790. The Labute approximate surface area is 391 Å². The summed E-state index contributed by atoms with van der Waals surface area (Å²) < 4.78 is 5.95. The lowest BCUT2D eigenvalue weighted by molar-refractivity contribution is -0.151. The van der Waals surface area contributed by atoms with Gasteiger partial charge >= 0.3 is 5.97 Å². The molecule has 368 valence electrons. The van der Waals surface area contributed by atoms with Crippen LogP contribution in [0.25, 0.3) is 0 Å². The molecule has 3 unspecified atom stereocenters. The average Bonchev–Trinajstić information content (AvgIpc) is 3.28. The van der Waals surface area contributed by atoms with Crippen LogP contribution in [0.5, 0.6) is 0 Å². The molecule has 0 rings (SSSR count). The number of amides is 1. The number of esters is 1. The van der Waals surface area contributed by atoms with Gasteiger partial charge in [0.1, 0.15) is 6.10 Å². The molecule has 0 aromatic carbocycles. The molecule has 1 amide bonds. The Bertz CT molecular complexity index is 1080. The van der Waals surface area contributed by atoms with E-state index in [1.54, 1.807) is 0 Å². The molecule has 63 heavy (non-hydrogen) atoms. The Morgan fingerprint density at radius 3 is 1.32 bits per heavy atom. The first-order valence-electron chi connectivity index (χ1n) is 27.4. The fourth-order valence-corrected chi connectivity index (χ4v) is 8.26. The normalized spacial score (nSPS) is 13.5. The topological polar surface area (TPSA) is 95.9 Å². The monoisotopic (exact) mass is 884 g/mol. The molecule has 0 fully saturated rings. The summed E-state index contributed by atoms with van der Waals surface area (Å²) in [6, 6.07) is -0.705. The van der Waals surface area contributed by atoms with Crippen molar-refractivity contribution >= 4 is 11.9 Å². The van der Waals surface area contributed by atoms with Crippen LogP contribution in [-0.2, 0) is 14.3 Å². The molecule has 0 aliphatic rings. The van der Waals surface area contributed by atoms with Gasteiger partial charge in [-0.25, -0.2) is 0 Å². The number of rotatable bonds is 49. The molecule has 0 aromatic heterocycles. The van der Waals surface area contributed by atoms with Crippen LogP contribution in [-0.4, -0.2) is 46.9 Å². The number of carbonyl (C=O) groups excluding carboxylic acids is 2. The molecule has 0 aromatic rings. The maximum Gasteiger partial charge on any atom is 0.306 e. The molecule has 6 heteroatoms. The maximum atomic E-state index is 13.2. The van der Waals surface area contributed by atoms with Crippen LogP contribution in [0, 0.1) is 0 Å². The van der Waals surface area contributed by atoms with E-state index in [4.69, 9.17) is 4.74 Å². The Hall–Kier alpha value is -2.18. The van der Waals surface area contributed by atoms with Gasteiger partial charge in [0, 0.05) is 6.42 Å². The van der Waals surface area contributed by atoms with Crippen LogP contribution in [0.15, 0.2) is 48.6 Å². The summed E-state index contributed by atoms with van der Waals surface area (Å²) in [5.74, 6) is -0.485. The summed E-state index contributed by atoms with van der Waals surface area (Å²) in [5, 5.41) is 23.8. The number of unbranched alkanes of at least 4 members (excludes halogenated alkanes) is 29. The molecule has 6 nitrogen and oxygen atoms in total. The second-order valence-electron chi connectivity index (χ2n) is 18.6. The number of nitrogens with one attached hydrogen (secondary N) is 1. The van der Waals surface area contributed by atoms with E-state index in [1.807, 2.05) is 0 Å². The van der Waals surface area contributed by atoms with E-state index in [0.717, 1.165) is 83.5 Å². The second kappa shape index (κ2) is 50.8. The van der Waals surface area contributed by atoms with E-state index < -0.39 is 18.2 Å². The minimum absolute atomic E-state index is 0.0703. The standard InChI is InChI=1S/C57H105NO5/c1-4-7-10-13-16-19-22-24-26-28-29-31-34-36-39-42-45-48-53(63-57(62)50-47-44-41-38-35-32-30-27-25-23-20-17-14-11-8-5-2)51-56(61)58-54(52-59)55(60)49-46-43-40-37-33-21-18-15-12-9-6-3/h8,11,17,20,24-27,53-55,59-60H,4-7,9-10,12-16,18-19,21-23,28-52H2,1-3H3,(H,58,61)/b11-8+,20-17+,26-24+,27-25+. The molecule has 0 saturated carbocycles. The first-order valence-corrected chi connectivity index (χ1v) is 27.4. The predicted molar refractivity (Wildman–Crippen MR) is 273 cm³/mol. The highest BCUT2D eigenvalue weighted by atomic mass is 16.5. The van der Waals surface area contributed by atoms with Crippen LogP contribution >= 0.6 is 0 Å². The van der Waals surface area contributed by atoms with Gasteiger partial charge in [-0.3, -0.25) is 9.59 Å². The predicted octanol–water partition coefficient (Wildman–Crippen LogP) is 16.6. The third-order valence-electron chi connectivity index (χ3n) is 12.4. The molecule has 0 aliphatic heterocycles. The fourth-order valence-electron chi connectivity index (χ4n) is 8.26. The smallest absolute Gasteiger partial charge is 0.306 e. The fraction of sp³-hybridized carbons (Fsp3) is 0.825. The molecule has 0 radical (unpaired) electrons. The van der Waals surface area contributed by atoms with Gasteiger partial charge in [0.15, 0.2) is 0 Å². The number of hydrogen-bond donors (Lipinski definition) is 3. The Morgan fingerprint density at radius 2 is 0.857 bits per heavy atom. The van der Waals surface area contributed by atoms with Crippen molar-refractivity contribution in [1.29, 1.82) is 0 Å². The summed E-state index contributed by atoms with van der Waals surface area (Å²) in [6.45, 7) is 6.38. The van der Waals surface area contributed by atoms with Crippen molar-refractivity contribution in [3.8, 4) is 0 Å². The largest absolute Gasteiger partial charge is 0.462 e. The molecule has 3 atom stereocenters. The van der Waals surface area contributed by atoms with E-state index in [2.05, 4.69) is 74.7 Å². The summed E-state index contributed by atoms with van der Waals surface area (Å²) in [7, 11) is 0. The van der Waals surface area contributed by atoms with Crippen molar-refractivity contribution in [2.75, 3.05) is 6.61 Å². The molecule has 3 N–H and O–H groups in total. The third kappa shape index (κ3) is 46.2. The maximum absolute atomic E-state index is 13.2. The number of aliphatic hydroxyl groups is 2. The lowest BCUT2D eigenvalue weighted by Crippen LogP contribution is -2.46. The van der Waals surface area contributed by atoms with Crippen LogP contribution in [0.1, 0.15) is 278 Å². The van der Waals surface area contributed by atoms with Gasteiger partial charge in [-0.05, 0) is 83.5 Å². The van der Waals surface area contributed by atoms with Crippen molar-refractivity contribution in [3.63, 3.8) is 0 Å². The van der Waals surface area contributed by atoms with Crippen molar-refractivity contribution in [1.82, 2.24) is 5.32 Å². The van der Waals surface area contributed by atoms with Crippen LogP contribution < -0.4 is 5.32 Å². The molecule has 0 heterocycles. The summed E-state index contributed by atoms with van der Waals surface area (Å²) >= 11 is 0. The minimum Gasteiger partial charge on any atom is -0.462 e. The van der Waals surface area contributed by atoms with Gasteiger partial charge in [0.25, 0.3) is 0 Å². The molecule has 0 bridgehead atoms. The highest BCUT2D eigenvalue weighted by Crippen LogP contribution is 2.18. The zero-order valence-electron chi connectivity index (χ0n) is 42.0. The Morgan fingerprint density at radius 1 is 0.476 bits per heavy atom. The van der Waals surface area contributed by atoms with Crippen LogP contribution in [0.4, 0.5) is 0 Å². The quantitative estimate of drug-likeness (QED) is 0.0321. The number of carbonyl (C=O) groups is 2. The molecular weight excluding hydrogens is 779 g/mol. The zero-order valence-corrected chi connectivity index (χ0v) is 42.0. The first kappa shape index (κ1) is 60.8. The van der Waals surface area contributed by atoms with Crippen molar-refractivity contribution in [2.45, 2.75) is 296 Å². The van der Waals surface area contributed by atoms with E-state index in [-0.39, 0.29) is 24.9 Å². The van der Waals surface area contributed by atoms with Crippen molar-refractivity contribution in [3.05, 3.63) is 48.6 Å². The summed E-state index contributed by atoms with van der Waals surface area (Å²) in [4.78, 5) is 26.2. The summed E-state index contributed by atoms with van der Waals surface area (Å²) in [5.41, 5.74) is 0.